The molecule has 0 spiro atoms. The van der Waals surface area contributed by atoms with Gasteiger partial charge in [-0.25, -0.2) is 17.5 Å². The van der Waals surface area contributed by atoms with Crippen LogP contribution in [0, 0.1) is 5.82 Å². The summed E-state index contributed by atoms with van der Waals surface area (Å²) in [6, 6.07) is 9.84. The first-order valence-electron chi connectivity index (χ1n) is 8.64. The molecule has 142 valence electrons. The Morgan fingerprint density at radius 1 is 1.00 bits per heavy atom. The molecule has 1 aliphatic heterocycles. The summed E-state index contributed by atoms with van der Waals surface area (Å²) in [5, 5.41) is 0. The topological polar surface area (TPSA) is 81.7 Å². The summed E-state index contributed by atoms with van der Waals surface area (Å²) in [7, 11) is -4.08. The number of carbonyl (C=O) groups excluding carboxylic acids is 1. The Balaban J connectivity index is 1.60. The van der Waals surface area contributed by atoms with Crippen LogP contribution in [-0.4, -0.2) is 27.5 Å². The maximum Gasteiger partial charge on any atom is 0.264 e. The van der Waals surface area contributed by atoms with Crippen LogP contribution in [0.4, 0.5) is 4.39 Å². The van der Waals surface area contributed by atoms with Gasteiger partial charge in [-0.3, -0.25) is 4.79 Å². The molecule has 2 aromatic carbocycles. The van der Waals surface area contributed by atoms with Gasteiger partial charge in [0.15, 0.2) is 11.5 Å². The van der Waals surface area contributed by atoms with E-state index in [9.17, 15) is 17.6 Å². The number of halogens is 1. The molecule has 6 nitrogen and oxygen atoms in total. The average Bonchev–Trinajstić information content (AvgIpc) is 2.61. The molecule has 1 N–H and O–H groups in total. The first-order chi connectivity index (χ1) is 12.9. The summed E-state index contributed by atoms with van der Waals surface area (Å²) < 4.78 is 51.6. The third-order valence-corrected chi connectivity index (χ3v) is 6.42. The Hall–Kier alpha value is -2.61. The minimum atomic E-state index is -4.08. The van der Waals surface area contributed by atoms with Crippen LogP contribution in [0.2, 0.25) is 0 Å². The first-order valence-corrected chi connectivity index (χ1v) is 10.1. The lowest BCUT2D eigenvalue weighted by atomic mass is 9.64. The van der Waals surface area contributed by atoms with Crippen LogP contribution in [0.15, 0.2) is 47.4 Å². The van der Waals surface area contributed by atoms with Crippen LogP contribution in [0.25, 0.3) is 0 Å². The molecular weight excluding hydrogens is 373 g/mol. The second-order valence-electron chi connectivity index (χ2n) is 6.68. The van der Waals surface area contributed by atoms with Gasteiger partial charge < -0.3 is 9.47 Å². The lowest BCUT2D eigenvalue weighted by molar-refractivity contribution is -0.128. The van der Waals surface area contributed by atoms with E-state index in [1.165, 1.54) is 42.5 Å². The van der Waals surface area contributed by atoms with Crippen LogP contribution in [0.5, 0.6) is 11.5 Å². The number of nitrogens with one attached hydrogen (secondary N) is 1. The number of rotatable bonds is 4. The molecule has 1 aliphatic carbocycles. The summed E-state index contributed by atoms with van der Waals surface area (Å²) in [6.07, 6.45) is 1.83. The summed E-state index contributed by atoms with van der Waals surface area (Å²) in [5.41, 5.74) is -0.334. The Bertz CT molecular complexity index is 984. The number of sulfonamides is 1. The molecule has 1 fully saturated rings. The normalized spacial score (nSPS) is 17.7. The SMILES string of the molecule is O=C(NS(=O)(=O)c1ccc2c(c1)OCCO2)C1(c2ccc(F)cc2)CCC1. The van der Waals surface area contributed by atoms with Crippen molar-refractivity contribution in [3.05, 3.63) is 53.8 Å². The highest BCUT2D eigenvalue weighted by Crippen LogP contribution is 2.44. The van der Waals surface area contributed by atoms with Gasteiger partial charge in [0.25, 0.3) is 10.0 Å². The third kappa shape index (κ3) is 3.14. The maximum absolute atomic E-state index is 13.2. The van der Waals surface area contributed by atoms with E-state index >= 15 is 0 Å². The molecule has 27 heavy (non-hydrogen) atoms. The molecule has 0 bridgehead atoms. The molecule has 1 saturated carbocycles. The first kappa shape index (κ1) is 17.8. The van der Waals surface area contributed by atoms with Crippen LogP contribution in [0.1, 0.15) is 24.8 Å². The van der Waals surface area contributed by atoms with E-state index in [1.54, 1.807) is 0 Å². The molecule has 0 aromatic heterocycles. The van der Waals surface area contributed by atoms with Gasteiger partial charge >= 0.3 is 0 Å². The minimum absolute atomic E-state index is 0.0753. The zero-order valence-electron chi connectivity index (χ0n) is 14.4. The second-order valence-corrected chi connectivity index (χ2v) is 8.37. The summed E-state index contributed by atoms with van der Waals surface area (Å²) in [4.78, 5) is 12.8. The summed E-state index contributed by atoms with van der Waals surface area (Å²) in [5.74, 6) is -0.213. The van der Waals surface area contributed by atoms with E-state index < -0.39 is 27.2 Å². The highest BCUT2D eigenvalue weighted by atomic mass is 32.2. The van der Waals surface area contributed by atoms with Crippen LogP contribution >= 0.6 is 0 Å². The molecule has 2 aromatic rings. The van der Waals surface area contributed by atoms with Crippen molar-refractivity contribution in [1.82, 2.24) is 4.72 Å². The number of ether oxygens (including phenoxy) is 2. The van der Waals surface area contributed by atoms with Crippen LogP contribution < -0.4 is 14.2 Å². The zero-order chi connectivity index (χ0) is 19.1. The van der Waals surface area contributed by atoms with Crippen molar-refractivity contribution in [2.45, 2.75) is 29.6 Å². The quantitative estimate of drug-likeness (QED) is 0.866. The summed E-state index contributed by atoms with van der Waals surface area (Å²) in [6.45, 7) is 0.729. The number of fused-ring (bicyclic) bond motifs is 1. The number of hydrogen-bond acceptors (Lipinski definition) is 5. The number of amides is 1. The van der Waals surface area contributed by atoms with Crippen molar-refractivity contribution >= 4 is 15.9 Å². The lowest BCUT2D eigenvalue weighted by Gasteiger charge is -2.40. The van der Waals surface area contributed by atoms with Crippen molar-refractivity contribution in [2.75, 3.05) is 13.2 Å². The van der Waals surface area contributed by atoms with E-state index in [0.717, 1.165) is 6.42 Å². The minimum Gasteiger partial charge on any atom is -0.486 e. The Morgan fingerprint density at radius 2 is 1.67 bits per heavy atom. The second kappa shape index (κ2) is 6.53. The fraction of sp³-hybridized carbons (Fsp3) is 0.316. The predicted molar refractivity (Wildman–Crippen MR) is 94.7 cm³/mol. The molecule has 8 heteroatoms. The summed E-state index contributed by atoms with van der Waals surface area (Å²) >= 11 is 0. The van der Waals surface area contributed by atoms with Crippen molar-refractivity contribution in [1.29, 1.82) is 0 Å². The van der Waals surface area contributed by atoms with E-state index in [2.05, 4.69) is 4.72 Å². The number of carbonyl (C=O) groups is 1. The molecule has 0 saturated heterocycles. The fourth-order valence-electron chi connectivity index (χ4n) is 3.42. The van der Waals surface area contributed by atoms with Crippen LogP contribution in [0.3, 0.4) is 0 Å². The van der Waals surface area contributed by atoms with Crippen molar-refractivity contribution in [2.24, 2.45) is 0 Å². The molecule has 0 atom stereocenters. The van der Waals surface area contributed by atoms with Crippen molar-refractivity contribution < 1.29 is 27.1 Å². The molecule has 0 unspecified atom stereocenters. The zero-order valence-corrected chi connectivity index (χ0v) is 15.2. The average molecular weight is 391 g/mol. The van der Waals surface area contributed by atoms with Gasteiger partial charge in [-0.15, -0.1) is 0 Å². The number of benzene rings is 2. The van der Waals surface area contributed by atoms with Gasteiger partial charge in [0, 0.05) is 6.07 Å². The maximum atomic E-state index is 13.2. The molecule has 1 heterocycles. The van der Waals surface area contributed by atoms with Gasteiger partial charge in [-0.1, -0.05) is 18.6 Å². The van der Waals surface area contributed by atoms with Gasteiger partial charge in [-0.05, 0) is 42.7 Å². The van der Waals surface area contributed by atoms with Gasteiger partial charge in [-0.2, -0.15) is 0 Å². The molecule has 2 aliphatic rings. The highest BCUT2D eigenvalue weighted by molar-refractivity contribution is 7.90. The van der Waals surface area contributed by atoms with Crippen LogP contribution in [-0.2, 0) is 20.2 Å². The highest BCUT2D eigenvalue weighted by Gasteiger charge is 2.47. The Labute approximate surface area is 156 Å². The predicted octanol–water partition coefficient (Wildman–Crippen LogP) is 2.52. The molecule has 0 radical (unpaired) electrons. The van der Waals surface area contributed by atoms with Gasteiger partial charge in [0.05, 0.1) is 10.3 Å². The molecule has 1 amide bonds. The lowest BCUT2D eigenvalue weighted by Crippen LogP contribution is -2.50. The molecule has 4 rings (SSSR count). The van der Waals surface area contributed by atoms with E-state index in [4.69, 9.17) is 9.47 Å². The van der Waals surface area contributed by atoms with Gasteiger partial charge in [0.1, 0.15) is 19.0 Å². The number of hydrogen-bond donors (Lipinski definition) is 1. The monoisotopic (exact) mass is 391 g/mol. The van der Waals surface area contributed by atoms with Crippen molar-refractivity contribution in [3.8, 4) is 11.5 Å². The standard InChI is InChI=1S/C19H18FNO5S/c20-14-4-2-13(3-5-14)19(8-1-9-19)18(22)21-27(23,24)15-6-7-16-17(12-15)26-11-10-25-16/h2-7,12H,1,8-11H2,(H,21,22). The Kier molecular flexibility index (Phi) is 4.30. The molecular formula is C19H18FNO5S. The Morgan fingerprint density at radius 3 is 2.30 bits per heavy atom. The van der Waals surface area contributed by atoms with Crippen molar-refractivity contribution in [3.63, 3.8) is 0 Å². The van der Waals surface area contributed by atoms with E-state index in [1.807, 2.05) is 0 Å². The fourth-order valence-corrected chi connectivity index (χ4v) is 4.48. The third-order valence-electron chi connectivity index (χ3n) is 5.09. The van der Waals surface area contributed by atoms with E-state index in [0.29, 0.717) is 43.1 Å². The van der Waals surface area contributed by atoms with Gasteiger partial charge in [0.2, 0.25) is 5.91 Å². The smallest absolute Gasteiger partial charge is 0.264 e. The van der Waals surface area contributed by atoms with E-state index in [-0.39, 0.29) is 4.90 Å². The largest absolute Gasteiger partial charge is 0.486 e.